The van der Waals surface area contributed by atoms with E-state index in [2.05, 4.69) is 63.2 Å². The molecule has 1 aromatic heterocycles. The van der Waals surface area contributed by atoms with Crippen molar-refractivity contribution < 1.29 is 0 Å². The molecular weight excluding hydrogens is 240 g/mol. The Morgan fingerprint density at radius 3 is 2.28 bits per heavy atom. The van der Waals surface area contributed by atoms with Crippen LogP contribution in [0, 0.1) is 6.92 Å². The molecule has 1 unspecified atom stereocenters. The summed E-state index contributed by atoms with van der Waals surface area (Å²) in [6, 6.07) is 2.67. The van der Waals surface area contributed by atoms with Crippen molar-refractivity contribution in [3.8, 4) is 0 Å². The minimum absolute atomic E-state index is 0.130. The van der Waals surface area contributed by atoms with Crippen molar-refractivity contribution in [3.63, 3.8) is 0 Å². The Bertz CT molecular complexity index is 353. The van der Waals surface area contributed by atoms with Gasteiger partial charge in [-0.15, -0.1) is 11.3 Å². The van der Waals surface area contributed by atoms with Crippen LogP contribution in [0.5, 0.6) is 0 Å². The predicted octanol–water partition coefficient (Wildman–Crippen LogP) is 3.83. The monoisotopic (exact) mass is 268 g/mol. The first-order valence-corrected chi connectivity index (χ1v) is 7.89. The molecule has 0 fully saturated rings. The van der Waals surface area contributed by atoms with E-state index in [0.717, 1.165) is 19.6 Å². The molecule has 0 aliphatic heterocycles. The molecule has 1 N–H and O–H groups in total. The number of hydrogen-bond donors (Lipinski definition) is 1. The van der Waals surface area contributed by atoms with Gasteiger partial charge in [0.1, 0.15) is 0 Å². The third kappa shape index (κ3) is 3.14. The molecule has 1 heterocycles. The summed E-state index contributed by atoms with van der Waals surface area (Å²) >= 11 is 1.84. The van der Waals surface area contributed by atoms with Crippen LogP contribution in [-0.4, -0.2) is 30.1 Å². The van der Waals surface area contributed by atoms with E-state index in [-0.39, 0.29) is 5.54 Å². The summed E-state index contributed by atoms with van der Waals surface area (Å²) in [6.45, 7) is 16.8. The molecule has 0 saturated heterocycles. The zero-order valence-corrected chi connectivity index (χ0v) is 13.5. The Kier molecular flexibility index (Phi) is 5.83. The van der Waals surface area contributed by atoms with Gasteiger partial charge in [-0.2, -0.15) is 0 Å². The Labute approximate surface area is 116 Å². The minimum atomic E-state index is 0.130. The van der Waals surface area contributed by atoms with Gasteiger partial charge < -0.3 is 5.32 Å². The molecule has 0 bridgehead atoms. The van der Waals surface area contributed by atoms with Crippen LogP contribution < -0.4 is 5.32 Å². The maximum atomic E-state index is 3.68. The molecule has 18 heavy (non-hydrogen) atoms. The molecule has 0 radical (unpaired) electrons. The first-order valence-electron chi connectivity index (χ1n) is 7.01. The molecular formula is C15H28N2S. The molecule has 0 amide bonds. The molecule has 0 aliphatic carbocycles. The number of nitrogens with one attached hydrogen (secondary N) is 1. The van der Waals surface area contributed by atoms with Crippen LogP contribution in [0.4, 0.5) is 0 Å². The van der Waals surface area contributed by atoms with E-state index >= 15 is 0 Å². The van der Waals surface area contributed by atoms with E-state index in [1.807, 2.05) is 11.3 Å². The van der Waals surface area contributed by atoms with E-state index in [0.29, 0.717) is 6.04 Å². The zero-order chi connectivity index (χ0) is 13.8. The topological polar surface area (TPSA) is 15.3 Å². The molecule has 3 heteroatoms. The molecule has 1 aromatic rings. The van der Waals surface area contributed by atoms with Crippen LogP contribution in [0.3, 0.4) is 0 Å². The quantitative estimate of drug-likeness (QED) is 0.808. The number of hydrogen-bond acceptors (Lipinski definition) is 3. The second-order valence-corrected chi connectivity index (χ2v) is 6.37. The van der Waals surface area contributed by atoms with Gasteiger partial charge in [0.15, 0.2) is 0 Å². The highest BCUT2D eigenvalue weighted by molar-refractivity contribution is 7.10. The van der Waals surface area contributed by atoms with Crippen LogP contribution in [0.15, 0.2) is 11.4 Å². The summed E-state index contributed by atoms with van der Waals surface area (Å²) in [5.74, 6) is 0. The van der Waals surface area contributed by atoms with Crippen molar-refractivity contribution in [2.75, 3.05) is 19.6 Å². The van der Waals surface area contributed by atoms with Gasteiger partial charge in [0, 0.05) is 10.4 Å². The first-order chi connectivity index (χ1) is 8.48. The smallest absolute Gasteiger partial charge is 0.0512 e. The summed E-state index contributed by atoms with van der Waals surface area (Å²) in [5.41, 5.74) is 1.59. The van der Waals surface area contributed by atoms with E-state index in [9.17, 15) is 0 Å². The maximum Gasteiger partial charge on any atom is 0.0512 e. The van der Waals surface area contributed by atoms with Crippen LogP contribution >= 0.6 is 11.3 Å². The number of nitrogens with zero attached hydrogens (tertiary/aromatic N) is 1. The second-order valence-electron chi connectivity index (χ2n) is 5.25. The van der Waals surface area contributed by atoms with Crippen molar-refractivity contribution in [2.24, 2.45) is 0 Å². The lowest BCUT2D eigenvalue weighted by atomic mass is 9.87. The largest absolute Gasteiger partial charge is 0.309 e. The lowest BCUT2D eigenvalue weighted by molar-refractivity contribution is 0.0918. The van der Waals surface area contributed by atoms with Crippen LogP contribution in [-0.2, 0) is 0 Å². The van der Waals surface area contributed by atoms with Crippen LogP contribution in [0.2, 0.25) is 0 Å². The number of aryl methyl sites for hydroxylation is 1. The Morgan fingerprint density at radius 1 is 1.28 bits per heavy atom. The summed E-state index contributed by atoms with van der Waals surface area (Å²) in [5, 5.41) is 5.88. The SMILES string of the molecule is CCNC(c1ccsc1C)C(C)(C)N(CC)CC. The fourth-order valence-electron chi connectivity index (χ4n) is 2.86. The van der Waals surface area contributed by atoms with Gasteiger partial charge in [-0.3, -0.25) is 4.90 Å². The third-order valence-electron chi connectivity index (χ3n) is 3.90. The van der Waals surface area contributed by atoms with Crippen molar-refractivity contribution in [2.45, 2.75) is 53.1 Å². The van der Waals surface area contributed by atoms with Gasteiger partial charge in [0.25, 0.3) is 0 Å². The fourth-order valence-corrected chi connectivity index (χ4v) is 3.60. The Hall–Kier alpha value is -0.380. The van der Waals surface area contributed by atoms with Gasteiger partial charge in [0.05, 0.1) is 6.04 Å². The highest BCUT2D eigenvalue weighted by atomic mass is 32.1. The standard InChI is InChI=1S/C15H28N2S/c1-7-16-14(13-10-11-18-12(13)4)15(5,6)17(8-2)9-3/h10-11,14,16H,7-9H2,1-6H3. The second kappa shape index (κ2) is 6.69. The van der Waals surface area contributed by atoms with E-state index in [4.69, 9.17) is 0 Å². The van der Waals surface area contributed by atoms with Gasteiger partial charge in [-0.25, -0.2) is 0 Å². The number of likely N-dealkylation sites (N-methyl/N-ethyl adjacent to an activating group) is 2. The van der Waals surface area contributed by atoms with Gasteiger partial charge in [-0.05, 0) is 57.4 Å². The summed E-state index contributed by atoms with van der Waals surface area (Å²) in [6.07, 6.45) is 0. The maximum absolute atomic E-state index is 3.68. The lowest BCUT2D eigenvalue weighted by Crippen LogP contribution is -2.52. The van der Waals surface area contributed by atoms with E-state index in [1.165, 1.54) is 10.4 Å². The van der Waals surface area contributed by atoms with Crippen molar-refractivity contribution in [1.82, 2.24) is 10.2 Å². The molecule has 0 spiro atoms. The van der Waals surface area contributed by atoms with Crippen molar-refractivity contribution in [3.05, 3.63) is 21.9 Å². The predicted molar refractivity (Wildman–Crippen MR) is 82.5 cm³/mol. The molecule has 0 saturated carbocycles. The fraction of sp³-hybridized carbons (Fsp3) is 0.733. The van der Waals surface area contributed by atoms with E-state index in [1.54, 1.807) is 0 Å². The Morgan fingerprint density at radius 2 is 1.89 bits per heavy atom. The number of rotatable bonds is 7. The van der Waals surface area contributed by atoms with E-state index < -0.39 is 0 Å². The van der Waals surface area contributed by atoms with Crippen LogP contribution in [0.25, 0.3) is 0 Å². The highest BCUT2D eigenvalue weighted by Crippen LogP contribution is 2.34. The van der Waals surface area contributed by atoms with Gasteiger partial charge in [0.2, 0.25) is 0 Å². The van der Waals surface area contributed by atoms with Crippen LogP contribution in [0.1, 0.15) is 51.1 Å². The van der Waals surface area contributed by atoms with Gasteiger partial charge in [-0.1, -0.05) is 20.8 Å². The highest BCUT2D eigenvalue weighted by Gasteiger charge is 2.35. The van der Waals surface area contributed by atoms with Gasteiger partial charge >= 0.3 is 0 Å². The number of thiophene rings is 1. The molecule has 0 aliphatic rings. The first kappa shape index (κ1) is 15.7. The molecule has 2 nitrogen and oxygen atoms in total. The van der Waals surface area contributed by atoms with Crippen molar-refractivity contribution in [1.29, 1.82) is 0 Å². The Balaban J connectivity index is 3.08. The average molecular weight is 268 g/mol. The minimum Gasteiger partial charge on any atom is -0.309 e. The van der Waals surface area contributed by atoms with Crippen molar-refractivity contribution >= 4 is 11.3 Å². The summed E-state index contributed by atoms with van der Waals surface area (Å²) in [7, 11) is 0. The zero-order valence-electron chi connectivity index (χ0n) is 12.7. The molecule has 0 aromatic carbocycles. The normalized spacial score (nSPS) is 14.2. The molecule has 104 valence electrons. The average Bonchev–Trinajstić information content (AvgIpc) is 2.73. The third-order valence-corrected chi connectivity index (χ3v) is 4.76. The summed E-state index contributed by atoms with van der Waals surface area (Å²) < 4.78 is 0. The molecule has 1 rings (SSSR count). The molecule has 1 atom stereocenters. The summed E-state index contributed by atoms with van der Waals surface area (Å²) in [4.78, 5) is 3.97. The lowest BCUT2D eigenvalue weighted by Gasteiger charge is -2.44.